The van der Waals surface area contributed by atoms with Crippen molar-refractivity contribution in [3.63, 3.8) is 0 Å². The molecule has 3 aromatic carbocycles. The predicted octanol–water partition coefficient (Wildman–Crippen LogP) is 4.94. The lowest BCUT2D eigenvalue weighted by Gasteiger charge is -2.34. The van der Waals surface area contributed by atoms with Gasteiger partial charge in [0.25, 0.3) is 0 Å². The summed E-state index contributed by atoms with van der Waals surface area (Å²) < 4.78 is 2.42. The van der Waals surface area contributed by atoms with E-state index in [1.165, 1.54) is 32.9 Å². The van der Waals surface area contributed by atoms with Crippen molar-refractivity contribution in [3.05, 3.63) is 82.9 Å². The summed E-state index contributed by atoms with van der Waals surface area (Å²) in [4.78, 5) is 23.3. The van der Waals surface area contributed by atoms with E-state index >= 15 is 0 Å². The van der Waals surface area contributed by atoms with Crippen molar-refractivity contribution in [3.8, 4) is 0 Å². The minimum Gasteiger partial charge on any atom is -0.473 e. The van der Waals surface area contributed by atoms with Crippen LogP contribution in [0.5, 0.6) is 0 Å². The van der Waals surface area contributed by atoms with Crippen LogP contribution < -0.4 is 0 Å². The molecule has 1 saturated heterocycles. The van der Waals surface area contributed by atoms with Crippen LogP contribution in [0.4, 0.5) is 0 Å². The molecule has 0 atom stereocenters. The van der Waals surface area contributed by atoms with Crippen LogP contribution in [0.1, 0.15) is 18.1 Å². The molecular weight excluding hydrogens is 478 g/mol. The van der Waals surface area contributed by atoms with E-state index in [0.29, 0.717) is 0 Å². The van der Waals surface area contributed by atoms with Crippen molar-refractivity contribution >= 4 is 45.3 Å². The van der Waals surface area contributed by atoms with Crippen molar-refractivity contribution < 1.29 is 19.8 Å². The molecule has 0 spiro atoms. The Bertz CT molecular complexity index is 1360. The smallest absolute Gasteiger partial charge is 0.414 e. The molecule has 0 unspecified atom stereocenters. The Morgan fingerprint density at radius 3 is 1.92 bits per heavy atom. The van der Waals surface area contributed by atoms with Crippen molar-refractivity contribution in [2.75, 3.05) is 26.2 Å². The highest BCUT2D eigenvalue weighted by molar-refractivity contribution is 6.30. The van der Waals surface area contributed by atoms with E-state index in [9.17, 15) is 0 Å². The molecular formula is C28H30ClN3O4. The number of aliphatic carboxylic acids is 2. The molecule has 2 heterocycles. The summed E-state index contributed by atoms with van der Waals surface area (Å²) in [6, 6.07) is 24.0. The highest BCUT2D eigenvalue weighted by Crippen LogP contribution is 2.30. The summed E-state index contributed by atoms with van der Waals surface area (Å²) >= 11 is 6.14. The molecule has 0 radical (unpaired) electrons. The lowest BCUT2D eigenvalue weighted by molar-refractivity contribution is -0.159. The standard InChI is InChI=1S/C26H28ClN3.C2H2O4/c1-2-30-25-9-4-3-8-23(25)24-17-21(10-11-26(24)30)19-29-14-12-28(13-15-29)18-20-6-5-7-22(27)16-20;3-1(4)2(5)6/h3-11,16-17H,2,12-15,18-19H2,1H3;(H,3,4)(H,5,6). The fourth-order valence-corrected chi connectivity index (χ4v) is 5.01. The number of hydrogen-bond donors (Lipinski definition) is 2. The van der Waals surface area contributed by atoms with Crippen molar-refractivity contribution in [2.45, 2.75) is 26.6 Å². The summed E-state index contributed by atoms with van der Waals surface area (Å²) in [6.07, 6.45) is 0. The van der Waals surface area contributed by atoms with E-state index in [0.717, 1.165) is 50.8 Å². The minimum atomic E-state index is -1.82. The molecule has 0 amide bonds. The van der Waals surface area contributed by atoms with E-state index in [4.69, 9.17) is 31.4 Å². The Morgan fingerprint density at radius 2 is 1.33 bits per heavy atom. The number of nitrogens with zero attached hydrogens (tertiary/aromatic N) is 3. The zero-order chi connectivity index (χ0) is 25.7. The number of hydrogen-bond acceptors (Lipinski definition) is 4. The molecule has 0 aliphatic carbocycles. The number of halogens is 1. The van der Waals surface area contributed by atoms with Crippen molar-refractivity contribution in [2.24, 2.45) is 0 Å². The third-order valence-corrected chi connectivity index (χ3v) is 6.74. The van der Waals surface area contributed by atoms with Crippen molar-refractivity contribution in [1.29, 1.82) is 0 Å². The molecule has 4 aromatic rings. The first-order valence-electron chi connectivity index (χ1n) is 12.0. The van der Waals surface area contributed by atoms with Gasteiger partial charge in [0.05, 0.1) is 0 Å². The predicted molar refractivity (Wildman–Crippen MR) is 142 cm³/mol. The van der Waals surface area contributed by atoms with Gasteiger partial charge in [0.1, 0.15) is 0 Å². The monoisotopic (exact) mass is 507 g/mol. The summed E-state index contributed by atoms with van der Waals surface area (Å²) in [5, 5.41) is 18.4. The summed E-state index contributed by atoms with van der Waals surface area (Å²) in [5.41, 5.74) is 5.38. The number of fused-ring (bicyclic) bond motifs is 3. The zero-order valence-corrected chi connectivity index (χ0v) is 21.0. The van der Waals surface area contributed by atoms with Gasteiger partial charge in [0.15, 0.2) is 0 Å². The number of rotatable bonds is 5. The van der Waals surface area contributed by atoms with Crippen LogP contribution in [0.3, 0.4) is 0 Å². The van der Waals surface area contributed by atoms with Gasteiger partial charge in [-0.3, -0.25) is 9.80 Å². The largest absolute Gasteiger partial charge is 0.473 e. The van der Waals surface area contributed by atoms with Gasteiger partial charge >= 0.3 is 11.9 Å². The average molecular weight is 508 g/mol. The van der Waals surface area contributed by atoms with Crippen LogP contribution in [0.25, 0.3) is 21.8 Å². The van der Waals surface area contributed by atoms with Gasteiger partial charge in [0.2, 0.25) is 0 Å². The Balaban J connectivity index is 0.000000455. The Hall–Kier alpha value is -3.39. The summed E-state index contributed by atoms with van der Waals surface area (Å²) in [6.45, 7) is 9.64. The quantitative estimate of drug-likeness (QED) is 0.372. The Morgan fingerprint density at radius 1 is 0.750 bits per heavy atom. The molecule has 1 aliphatic rings. The summed E-state index contributed by atoms with van der Waals surface area (Å²) in [7, 11) is 0. The van der Waals surface area contributed by atoms with Gasteiger partial charge < -0.3 is 14.8 Å². The molecule has 5 rings (SSSR count). The molecule has 7 nitrogen and oxygen atoms in total. The van der Waals surface area contributed by atoms with Gasteiger partial charge in [-0.2, -0.15) is 0 Å². The number of carboxylic acid groups (broad SMARTS) is 2. The second-order valence-corrected chi connectivity index (χ2v) is 9.34. The second-order valence-electron chi connectivity index (χ2n) is 8.91. The lowest BCUT2D eigenvalue weighted by atomic mass is 10.1. The molecule has 36 heavy (non-hydrogen) atoms. The molecule has 0 saturated carbocycles. The summed E-state index contributed by atoms with van der Waals surface area (Å²) in [5.74, 6) is -3.65. The fourth-order valence-electron chi connectivity index (χ4n) is 4.80. The van der Waals surface area contributed by atoms with Gasteiger partial charge in [0, 0.05) is 72.6 Å². The molecule has 1 fully saturated rings. The highest BCUT2D eigenvalue weighted by Gasteiger charge is 2.18. The number of piperazine rings is 1. The Labute approximate surface area is 215 Å². The number of aryl methyl sites for hydroxylation is 1. The average Bonchev–Trinajstić information content (AvgIpc) is 3.18. The van der Waals surface area contributed by atoms with E-state index < -0.39 is 11.9 Å². The van der Waals surface area contributed by atoms with Crippen LogP contribution in [-0.2, 0) is 29.2 Å². The molecule has 2 N–H and O–H groups in total. The van der Waals surface area contributed by atoms with Crippen LogP contribution in [-0.4, -0.2) is 62.7 Å². The molecule has 0 bridgehead atoms. The van der Waals surface area contributed by atoms with Crippen LogP contribution in [0.15, 0.2) is 66.7 Å². The first kappa shape index (κ1) is 25.7. The van der Waals surface area contributed by atoms with Gasteiger partial charge in [-0.1, -0.05) is 48.0 Å². The maximum Gasteiger partial charge on any atom is 0.414 e. The number of carboxylic acids is 2. The van der Waals surface area contributed by atoms with Gasteiger partial charge in [-0.25, -0.2) is 9.59 Å². The number of para-hydroxylation sites is 1. The normalized spacial score (nSPS) is 14.5. The third-order valence-electron chi connectivity index (χ3n) is 6.50. The van der Waals surface area contributed by atoms with E-state index in [-0.39, 0.29) is 0 Å². The van der Waals surface area contributed by atoms with Crippen LogP contribution in [0, 0.1) is 0 Å². The van der Waals surface area contributed by atoms with Crippen molar-refractivity contribution in [1.82, 2.24) is 14.4 Å². The number of benzene rings is 3. The second kappa shape index (κ2) is 11.6. The number of aromatic nitrogens is 1. The lowest BCUT2D eigenvalue weighted by Crippen LogP contribution is -2.45. The molecule has 8 heteroatoms. The first-order valence-corrected chi connectivity index (χ1v) is 12.4. The van der Waals surface area contributed by atoms with Crippen LogP contribution in [0.2, 0.25) is 5.02 Å². The molecule has 188 valence electrons. The van der Waals surface area contributed by atoms with Crippen LogP contribution >= 0.6 is 11.6 Å². The maximum absolute atomic E-state index is 9.10. The highest BCUT2D eigenvalue weighted by atomic mass is 35.5. The minimum absolute atomic E-state index is 0.825. The topological polar surface area (TPSA) is 86.0 Å². The molecule has 1 aliphatic heterocycles. The first-order chi connectivity index (χ1) is 17.4. The van der Waals surface area contributed by atoms with E-state index in [1.54, 1.807) is 0 Å². The zero-order valence-electron chi connectivity index (χ0n) is 20.2. The maximum atomic E-state index is 9.10. The SMILES string of the molecule is CCn1c2ccccc2c2cc(CN3CCN(Cc4cccc(Cl)c4)CC3)ccc21.O=C(O)C(=O)O. The fraction of sp³-hybridized carbons (Fsp3) is 0.286. The molecule has 1 aromatic heterocycles. The van der Waals surface area contributed by atoms with E-state index in [1.807, 2.05) is 12.1 Å². The number of carbonyl (C=O) groups is 2. The Kier molecular flexibility index (Phi) is 8.25. The van der Waals surface area contributed by atoms with E-state index in [2.05, 4.69) is 75.9 Å². The van der Waals surface area contributed by atoms with Gasteiger partial charge in [-0.15, -0.1) is 0 Å². The third kappa shape index (κ3) is 6.05. The van der Waals surface area contributed by atoms with Gasteiger partial charge in [-0.05, 0) is 48.4 Å².